The number of hydrogen-bond donors (Lipinski definition) is 0. The van der Waals surface area contributed by atoms with Crippen molar-refractivity contribution in [1.82, 2.24) is 0 Å². The van der Waals surface area contributed by atoms with E-state index < -0.39 is 0 Å². The van der Waals surface area contributed by atoms with E-state index in [1.165, 1.54) is 17.7 Å². The van der Waals surface area contributed by atoms with Gasteiger partial charge in [-0.1, -0.05) is 23.8 Å². The largest absolute Gasteiger partial charge is 0.205 e. The predicted octanol–water partition coefficient (Wildman–Crippen LogP) is 2.75. The smallest absolute Gasteiger partial charge is 0.198 e. The molecular formula is C12H14N+. The Kier molecular flexibility index (Phi) is 2.26. The molecule has 1 aliphatic rings. The highest BCUT2D eigenvalue weighted by Gasteiger charge is 2.10. The summed E-state index contributed by atoms with van der Waals surface area (Å²) in [4.78, 5) is 0. The van der Waals surface area contributed by atoms with Crippen LogP contribution in [0.2, 0.25) is 0 Å². The van der Waals surface area contributed by atoms with Crippen molar-refractivity contribution in [2.24, 2.45) is 0 Å². The molecule has 0 saturated carbocycles. The summed E-state index contributed by atoms with van der Waals surface area (Å²) in [5.41, 5.74) is 2.75. The molecule has 0 saturated heterocycles. The Hall–Kier alpha value is -1.37. The molecule has 1 aromatic rings. The first-order valence-electron chi connectivity index (χ1n) is 4.68. The summed E-state index contributed by atoms with van der Waals surface area (Å²) in [6.45, 7) is 3.28. The highest BCUT2D eigenvalue weighted by Crippen LogP contribution is 2.14. The summed E-state index contributed by atoms with van der Waals surface area (Å²) in [6.07, 6.45) is 5.52. The minimum Gasteiger partial charge on any atom is -0.198 e. The van der Waals surface area contributed by atoms with Crippen LogP contribution in [0.3, 0.4) is 0 Å². The number of benzene rings is 1. The Morgan fingerprint density at radius 1 is 1.15 bits per heavy atom. The number of allylic oxidation sites excluding steroid dienone is 1. The molecule has 2 rings (SSSR count). The first-order valence-corrected chi connectivity index (χ1v) is 4.68. The fourth-order valence-corrected chi connectivity index (χ4v) is 1.51. The van der Waals surface area contributed by atoms with E-state index in [1.54, 1.807) is 0 Å². The van der Waals surface area contributed by atoms with E-state index in [4.69, 9.17) is 0 Å². The third kappa shape index (κ3) is 1.86. The van der Waals surface area contributed by atoms with Gasteiger partial charge in [-0.05, 0) is 6.92 Å². The minimum absolute atomic E-state index is 1.10. The summed E-state index contributed by atoms with van der Waals surface area (Å²) in [7, 11) is 0. The van der Waals surface area contributed by atoms with Crippen LogP contribution < -0.4 is 0 Å². The molecule has 0 atom stereocenters. The van der Waals surface area contributed by atoms with Crippen molar-refractivity contribution in [2.45, 2.75) is 13.3 Å². The van der Waals surface area contributed by atoms with Crippen LogP contribution in [-0.4, -0.2) is 17.3 Å². The fraction of sp³-hybridized carbons (Fsp3) is 0.250. The Morgan fingerprint density at radius 2 is 1.92 bits per heavy atom. The lowest BCUT2D eigenvalue weighted by atomic mass is 10.1. The zero-order valence-corrected chi connectivity index (χ0v) is 7.90. The van der Waals surface area contributed by atoms with Crippen LogP contribution in [0.25, 0.3) is 0 Å². The third-order valence-corrected chi connectivity index (χ3v) is 2.37. The van der Waals surface area contributed by atoms with Crippen molar-refractivity contribution < 1.29 is 4.58 Å². The lowest BCUT2D eigenvalue weighted by molar-refractivity contribution is -0.435. The summed E-state index contributed by atoms with van der Waals surface area (Å²) in [6, 6.07) is 10.5. The predicted molar refractivity (Wildman–Crippen MR) is 55.7 cm³/mol. The maximum absolute atomic E-state index is 2.28. The summed E-state index contributed by atoms with van der Waals surface area (Å²) in [5.74, 6) is 0. The Morgan fingerprint density at radius 3 is 2.54 bits per heavy atom. The van der Waals surface area contributed by atoms with Crippen molar-refractivity contribution >= 4 is 11.9 Å². The van der Waals surface area contributed by atoms with Crippen molar-refractivity contribution in [2.75, 3.05) is 6.54 Å². The van der Waals surface area contributed by atoms with Gasteiger partial charge >= 0.3 is 0 Å². The van der Waals surface area contributed by atoms with Crippen molar-refractivity contribution in [3.8, 4) is 0 Å². The second-order valence-corrected chi connectivity index (χ2v) is 3.44. The second-order valence-electron chi connectivity index (χ2n) is 3.44. The molecule has 0 radical (unpaired) electrons. The summed E-state index contributed by atoms with van der Waals surface area (Å²) >= 11 is 0. The molecule has 13 heavy (non-hydrogen) atoms. The van der Waals surface area contributed by atoms with Gasteiger partial charge in [0.15, 0.2) is 12.8 Å². The Bertz CT molecular complexity index is 347. The van der Waals surface area contributed by atoms with Gasteiger partial charge in [-0.25, -0.2) is 0 Å². The molecule has 1 nitrogen and oxygen atoms in total. The summed E-state index contributed by atoms with van der Waals surface area (Å²) < 4.78 is 2.28. The minimum atomic E-state index is 1.10. The topological polar surface area (TPSA) is 3.01 Å². The average Bonchev–Trinajstić information content (AvgIpc) is 2.20. The van der Waals surface area contributed by atoms with Gasteiger partial charge in [0.05, 0.1) is 0 Å². The third-order valence-electron chi connectivity index (χ3n) is 2.37. The monoisotopic (exact) mass is 172 g/mol. The number of rotatable bonds is 1. The van der Waals surface area contributed by atoms with E-state index in [2.05, 4.69) is 54.1 Å². The molecular weight excluding hydrogens is 158 g/mol. The number of nitrogens with zero attached hydrogens (tertiary/aromatic N) is 1. The van der Waals surface area contributed by atoms with Crippen LogP contribution in [0.15, 0.2) is 42.0 Å². The summed E-state index contributed by atoms with van der Waals surface area (Å²) in [5, 5.41) is 0. The fourth-order valence-electron chi connectivity index (χ4n) is 1.51. The maximum atomic E-state index is 2.28. The molecule has 0 N–H and O–H groups in total. The van der Waals surface area contributed by atoms with Crippen LogP contribution in [0.4, 0.5) is 5.69 Å². The van der Waals surface area contributed by atoms with Crippen LogP contribution in [0.1, 0.15) is 13.3 Å². The molecule has 1 heteroatoms. The number of hydrogen-bond acceptors (Lipinski definition) is 0. The quantitative estimate of drug-likeness (QED) is 0.573. The molecule has 66 valence electrons. The van der Waals surface area contributed by atoms with E-state index in [0.29, 0.717) is 0 Å². The highest BCUT2D eigenvalue weighted by atomic mass is 15.0. The van der Waals surface area contributed by atoms with Gasteiger partial charge in [0.1, 0.15) is 0 Å². The maximum Gasteiger partial charge on any atom is 0.205 e. The highest BCUT2D eigenvalue weighted by molar-refractivity contribution is 5.69. The first-order chi connectivity index (χ1) is 6.36. The SMILES string of the molecule is CC1=CC=[N+](c2ccccc2)CC1. The Balaban J connectivity index is 2.29. The standard InChI is InChI=1S/C12H14N/c1-11-7-9-13(10-8-11)12-5-3-2-4-6-12/h2-7,9H,8,10H2,1H3/q+1. The van der Waals surface area contributed by atoms with Crippen LogP contribution in [0.5, 0.6) is 0 Å². The Labute approximate surface area is 79.0 Å². The van der Waals surface area contributed by atoms with Crippen molar-refractivity contribution in [3.05, 3.63) is 42.0 Å². The van der Waals surface area contributed by atoms with Crippen molar-refractivity contribution in [1.29, 1.82) is 0 Å². The molecule has 0 spiro atoms. The van der Waals surface area contributed by atoms with Gasteiger partial charge in [-0.3, -0.25) is 0 Å². The molecule has 0 unspecified atom stereocenters. The van der Waals surface area contributed by atoms with E-state index in [9.17, 15) is 0 Å². The van der Waals surface area contributed by atoms with Crippen molar-refractivity contribution in [3.63, 3.8) is 0 Å². The molecule has 0 aromatic heterocycles. The van der Waals surface area contributed by atoms with Gasteiger partial charge in [0, 0.05) is 24.6 Å². The lowest BCUT2D eigenvalue weighted by Crippen LogP contribution is -2.12. The van der Waals surface area contributed by atoms with Gasteiger partial charge < -0.3 is 0 Å². The molecule has 1 heterocycles. The zero-order chi connectivity index (χ0) is 9.10. The van der Waals surface area contributed by atoms with Crippen LogP contribution in [0, 0.1) is 0 Å². The molecule has 0 aliphatic carbocycles. The van der Waals surface area contributed by atoms with Gasteiger partial charge in [0.25, 0.3) is 0 Å². The molecule has 1 aliphatic heterocycles. The average molecular weight is 172 g/mol. The van der Waals surface area contributed by atoms with E-state index >= 15 is 0 Å². The molecule has 0 bridgehead atoms. The van der Waals surface area contributed by atoms with Crippen LogP contribution >= 0.6 is 0 Å². The van der Waals surface area contributed by atoms with Gasteiger partial charge in [0.2, 0.25) is 5.69 Å². The normalized spacial score (nSPS) is 16.4. The van der Waals surface area contributed by atoms with Gasteiger partial charge in [-0.2, -0.15) is 4.58 Å². The molecule has 0 amide bonds. The zero-order valence-electron chi connectivity index (χ0n) is 7.90. The molecule has 1 aromatic carbocycles. The van der Waals surface area contributed by atoms with Crippen LogP contribution in [-0.2, 0) is 0 Å². The number of para-hydroxylation sites is 1. The molecule has 0 fully saturated rings. The second kappa shape index (κ2) is 3.56. The lowest BCUT2D eigenvalue weighted by Gasteiger charge is -2.06. The van der Waals surface area contributed by atoms with E-state index in [0.717, 1.165) is 6.54 Å². The van der Waals surface area contributed by atoms with Gasteiger partial charge in [-0.15, -0.1) is 0 Å². The first kappa shape index (κ1) is 8.24. The van der Waals surface area contributed by atoms with E-state index in [1.807, 2.05) is 0 Å². The van der Waals surface area contributed by atoms with E-state index in [-0.39, 0.29) is 0 Å².